The van der Waals surface area contributed by atoms with Crippen molar-refractivity contribution in [2.24, 2.45) is 0 Å². The summed E-state index contributed by atoms with van der Waals surface area (Å²) in [7, 11) is 3.89. The monoisotopic (exact) mass is 464 g/mol. The number of hydrogen-bond donors (Lipinski definition) is 1. The van der Waals surface area contributed by atoms with Crippen molar-refractivity contribution < 1.29 is 9.53 Å². The van der Waals surface area contributed by atoms with Crippen LogP contribution in [-0.4, -0.2) is 73.2 Å². The molecule has 34 heavy (non-hydrogen) atoms. The van der Waals surface area contributed by atoms with Gasteiger partial charge in [0.25, 0.3) is 0 Å². The summed E-state index contributed by atoms with van der Waals surface area (Å²) in [6, 6.07) is 7.00. The summed E-state index contributed by atoms with van der Waals surface area (Å²) in [5.41, 5.74) is 2.99. The maximum absolute atomic E-state index is 12.4. The molecule has 1 saturated heterocycles. The number of benzene rings is 1. The highest BCUT2D eigenvalue weighted by Gasteiger charge is 2.33. The van der Waals surface area contributed by atoms with Gasteiger partial charge in [0, 0.05) is 68.4 Å². The molecule has 1 atom stereocenters. The zero-order valence-corrected chi connectivity index (χ0v) is 20.6. The van der Waals surface area contributed by atoms with E-state index in [0.29, 0.717) is 18.9 Å². The molecular weight excluding hydrogens is 428 g/mol. The maximum Gasteiger partial charge on any atom is 0.226 e. The fourth-order valence-electron chi connectivity index (χ4n) is 5.58. The minimum atomic E-state index is 0.0340. The molecular formula is C26H36N6O2. The van der Waals surface area contributed by atoms with Crippen LogP contribution in [0.3, 0.4) is 0 Å². The Morgan fingerprint density at radius 1 is 1.15 bits per heavy atom. The minimum Gasteiger partial charge on any atom is -0.496 e. The minimum absolute atomic E-state index is 0.0340. The third-order valence-corrected chi connectivity index (χ3v) is 7.50. The topological polar surface area (TPSA) is 73.8 Å². The molecule has 2 aliphatic heterocycles. The number of hydrogen-bond acceptors (Lipinski definition) is 7. The van der Waals surface area contributed by atoms with E-state index in [-0.39, 0.29) is 11.9 Å². The molecule has 2 fully saturated rings. The Labute approximate surface area is 202 Å². The van der Waals surface area contributed by atoms with Crippen LogP contribution in [0.5, 0.6) is 5.75 Å². The fraction of sp³-hybridized carbons (Fsp3) is 0.577. The second kappa shape index (κ2) is 9.78. The fourth-order valence-corrected chi connectivity index (χ4v) is 5.58. The Morgan fingerprint density at radius 2 is 1.91 bits per heavy atom. The SMILES string of the molecule is COc1cc(N2CCN(C)CC2)ccc1Cc1ncc2c(n1)N(C1CCCC1)C(C)CC(=O)N2. The van der Waals surface area contributed by atoms with Crippen LogP contribution in [0.4, 0.5) is 17.2 Å². The first-order chi connectivity index (χ1) is 16.5. The van der Waals surface area contributed by atoms with Crippen molar-refractivity contribution in [2.75, 3.05) is 55.5 Å². The van der Waals surface area contributed by atoms with Crippen LogP contribution in [0.2, 0.25) is 0 Å². The Bertz CT molecular complexity index is 1030. The predicted octanol–water partition coefficient (Wildman–Crippen LogP) is 3.31. The molecule has 1 unspecified atom stereocenters. The zero-order chi connectivity index (χ0) is 23.7. The van der Waals surface area contributed by atoms with Gasteiger partial charge < -0.3 is 24.8 Å². The van der Waals surface area contributed by atoms with Gasteiger partial charge in [0.05, 0.1) is 13.3 Å². The van der Waals surface area contributed by atoms with Crippen molar-refractivity contribution in [1.82, 2.24) is 14.9 Å². The normalized spacial score (nSPS) is 21.9. The average molecular weight is 465 g/mol. The third-order valence-electron chi connectivity index (χ3n) is 7.50. The lowest BCUT2D eigenvalue weighted by atomic mass is 10.1. The van der Waals surface area contributed by atoms with E-state index in [0.717, 1.165) is 67.7 Å². The molecule has 8 nitrogen and oxygen atoms in total. The lowest BCUT2D eigenvalue weighted by Crippen LogP contribution is -2.44. The lowest BCUT2D eigenvalue weighted by Gasteiger charge is -2.34. The van der Waals surface area contributed by atoms with Crippen molar-refractivity contribution in [1.29, 1.82) is 0 Å². The number of likely N-dealkylation sites (N-methyl/N-ethyl adjacent to an activating group) is 1. The Balaban J connectivity index is 1.42. The molecule has 2 aromatic rings. The number of nitrogens with one attached hydrogen (secondary N) is 1. The van der Waals surface area contributed by atoms with Gasteiger partial charge in [-0.25, -0.2) is 9.97 Å². The van der Waals surface area contributed by atoms with E-state index in [1.807, 2.05) is 0 Å². The molecule has 1 aromatic heterocycles. The molecule has 3 aliphatic rings. The molecule has 0 bridgehead atoms. The van der Waals surface area contributed by atoms with E-state index in [1.165, 1.54) is 18.5 Å². The van der Waals surface area contributed by atoms with Crippen LogP contribution >= 0.6 is 0 Å². The van der Waals surface area contributed by atoms with E-state index in [4.69, 9.17) is 9.72 Å². The molecule has 1 saturated carbocycles. The Morgan fingerprint density at radius 3 is 2.65 bits per heavy atom. The summed E-state index contributed by atoms with van der Waals surface area (Å²) in [5.74, 6) is 2.51. The number of piperazine rings is 1. The van der Waals surface area contributed by atoms with Gasteiger partial charge in [-0.3, -0.25) is 4.79 Å². The molecule has 1 aromatic carbocycles. The molecule has 0 radical (unpaired) electrons. The lowest BCUT2D eigenvalue weighted by molar-refractivity contribution is -0.116. The highest BCUT2D eigenvalue weighted by molar-refractivity contribution is 5.95. The summed E-state index contributed by atoms with van der Waals surface area (Å²) in [6.45, 7) is 6.32. The van der Waals surface area contributed by atoms with E-state index >= 15 is 0 Å². The molecule has 3 heterocycles. The molecule has 182 valence electrons. The quantitative estimate of drug-likeness (QED) is 0.728. The van der Waals surface area contributed by atoms with Gasteiger partial charge in [-0.05, 0) is 32.9 Å². The second-order valence-electron chi connectivity index (χ2n) is 9.93. The molecule has 0 spiro atoms. The average Bonchev–Trinajstić information content (AvgIpc) is 3.32. The summed E-state index contributed by atoms with van der Waals surface area (Å²) < 4.78 is 5.78. The molecule has 8 heteroatoms. The Kier molecular flexibility index (Phi) is 6.59. The van der Waals surface area contributed by atoms with Crippen molar-refractivity contribution in [3.05, 3.63) is 35.8 Å². The number of ether oxygens (including phenoxy) is 1. The van der Waals surface area contributed by atoms with Gasteiger partial charge in [-0.2, -0.15) is 0 Å². The number of anilines is 3. The first-order valence-electron chi connectivity index (χ1n) is 12.6. The van der Waals surface area contributed by atoms with E-state index in [9.17, 15) is 4.79 Å². The number of carbonyl (C=O) groups excluding carboxylic acids is 1. The van der Waals surface area contributed by atoms with Gasteiger partial charge in [-0.15, -0.1) is 0 Å². The van der Waals surface area contributed by atoms with E-state index < -0.39 is 0 Å². The van der Waals surface area contributed by atoms with E-state index in [2.05, 4.69) is 57.2 Å². The number of aromatic nitrogens is 2. The van der Waals surface area contributed by atoms with Crippen LogP contribution in [0, 0.1) is 0 Å². The first kappa shape index (κ1) is 22.9. The second-order valence-corrected chi connectivity index (χ2v) is 9.93. The number of amides is 1. The number of nitrogens with zero attached hydrogens (tertiary/aromatic N) is 5. The van der Waals surface area contributed by atoms with Gasteiger partial charge in [0.2, 0.25) is 5.91 Å². The maximum atomic E-state index is 12.4. The summed E-state index contributed by atoms with van der Waals surface area (Å²) >= 11 is 0. The van der Waals surface area contributed by atoms with Crippen molar-refractivity contribution >= 4 is 23.1 Å². The van der Waals surface area contributed by atoms with Crippen molar-refractivity contribution in [3.63, 3.8) is 0 Å². The van der Waals surface area contributed by atoms with Gasteiger partial charge in [-0.1, -0.05) is 18.9 Å². The molecule has 1 N–H and O–H groups in total. The number of carbonyl (C=O) groups is 1. The van der Waals surface area contributed by atoms with Crippen molar-refractivity contribution in [2.45, 2.75) is 57.5 Å². The molecule has 1 amide bonds. The molecule has 1 aliphatic carbocycles. The molecule has 5 rings (SSSR count). The van der Waals surface area contributed by atoms with Gasteiger partial charge in [0.15, 0.2) is 5.82 Å². The summed E-state index contributed by atoms with van der Waals surface area (Å²) in [5, 5.41) is 3.03. The van der Waals surface area contributed by atoms with Gasteiger partial charge >= 0.3 is 0 Å². The summed E-state index contributed by atoms with van der Waals surface area (Å²) in [6.07, 6.45) is 7.61. The van der Waals surface area contributed by atoms with Crippen LogP contribution < -0.4 is 19.9 Å². The number of fused-ring (bicyclic) bond motifs is 1. The van der Waals surface area contributed by atoms with Crippen LogP contribution in [0.1, 0.15) is 50.4 Å². The largest absolute Gasteiger partial charge is 0.496 e. The number of rotatable bonds is 5. The van der Waals surface area contributed by atoms with Crippen molar-refractivity contribution in [3.8, 4) is 5.75 Å². The highest BCUT2D eigenvalue weighted by Crippen LogP contribution is 2.36. The van der Waals surface area contributed by atoms with Crippen LogP contribution in [0.15, 0.2) is 24.4 Å². The van der Waals surface area contributed by atoms with Crippen LogP contribution in [0.25, 0.3) is 0 Å². The van der Waals surface area contributed by atoms with Crippen LogP contribution in [-0.2, 0) is 11.2 Å². The third kappa shape index (κ3) is 4.69. The summed E-state index contributed by atoms with van der Waals surface area (Å²) in [4.78, 5) is 29.2. The van der Waals surface area contributed by atoms with Gasteiger partial charge in [0.1, 0.15) is 17.3 Å². The smallest absolute Gasteiger partial charge is 0.226 e. The predicted molar refractivity (Wildman–Crippen MR) is 135 cm³/mol. The zero-order valence-electron chi connectivity index (χ0n) is 20.6. The Hall–Kier alpha value is -2.87. The first-order valence-corrected chi connectivity index (χ1v) is 12.6. The van der Waals surface area contributed by atoms with E-state index in [1.54, 1.807) is 13.3 Å². The standard InChI is InChI=1S/C26H36N6O2/c1-18-14-25(33)28-22-17-27-24(29-26(22)32(18)20-6-4-5-7-20)15-19-8-9-21(16-23(19)34-3)31-12-10-30(2)11-13-31/h8-9,16-18,20H,4-7,10-15H2,1-3H3,(H,28,33). The highest BCUT2D eigenvalue weighted by atomic mass is 16.5. The number of methoxy groups -OCH3 is 1.